The van der Waals surface area contributed by atoms with E-state index < -0.39 is 0 Å². The molecule has 0 aliphatic rings. The van der Waals surface area contributed by atoms with Gasteiger partial charge in [0.2, 0.25) is 5.91 Å². The lowest BCUT2D eigenvalue weighted by atomic mass is 9.87. The summed E-state index contributed by atoms with van der Waals surface area (Å²) in [4.78, 5) is 12.4. The number of carbonyl (C=O) groups is 1. The van der Waals surface area contributed by atoms with Gasteiger partial charge in [-0.25, -0.2) is 0 Å². The van der Waals surface area contributed by atoms with Crippen molar-refractivity contribution in [1.82, 2.24) is 20.1 Å². The number of nitrogens with one attached hydrogen (secondary N) is 1. The van der Waals surface area contributed by atoms with Crippen LogP contribution >= 0.6 is 11.8 Å². The van der Waals surface area contributed by atoms with Gasteiger partial charge in [0, 0.05) is 11.1 Å². The van der Waals surface area contributed by atoms with Crippen LogP contribution in [-0.4, -0.2) is 32.0 Å². The molecule has 0 bridgehead atoms. The molecule has 2 heterocycles. The van der Waals surface area contributed by atoms with Gasteiger partial charge in [0.15, 0.2) is 11.0 Å². The van der Waals surface area contributed by atoms with E-state index in [4.69, 9.17) is 4.42 Å². The van der Waals surface area contributed by atoms with Crippen molar-refractivity contribution in [3.8, 4) is 11.4 Å². The lowest BCUT2D eigenvalue weighted by Crippen LogP contribution is -2.43. The first-order valence-corrected chi connectivity index (χ1v) is 11.6. The largest absolute Gasteiger partial charge is 0.467 e. The Morgan fingerprint density at radius 2 is 1.81 bits per heavy atom. The molecule has 1 aromatic carbocycles. The maximum atomic E-state index is 12.4. The van der Waals surface area contributed by atoms with Crippen LogP contribution in [0.5, 0.6) is 0 Å². The fourth-order valence-corrected chi connectivity index (χ4v) is 3.80. The summed E-state index contributed by atoms with van der Waals surface area (Å²) in [5.41, 5.74) is 2.11. The zero-order valence-corrected chi connectivity index (χ0v) is 20.0. The molecule has 0 aliphatic heterocycles. The molecule has 0 saturated carbocycles. The molecular weight excluding hydrogens is 408 g/mol. The number of rotatable bonds is 8. The van der Waals surface area contributed by atoms with E-state index in [0.29, 0.717) is 11.7 Å². The second kappa shape index (κ2) is 9.30. The number of aromatic nitrogens is 3. The van der Waals surface area contributed by atoms with E-state index in [-0.39, 0.29) is 22.6 Å². The Bertz CT molecular complexity index is 999. The summed E-state index contributed by atoms with van der Waals surface area (Å²) >= 11 is 1.39. The molecule has 1 N–H and O–H groups in total. The van der Waals surface area contributed by atoms with E-state index >= 15 is 0 Å². The van der Waals surface area contributed by atoms with E-state index in [1.54, 1.807) is 6.26 Å². The second-order valence-electron chi connectivity index (χ2n) is 9.37. The summed E-state index contributed by atoms with van der Waals surface area (Å²) in [6.45, 7) is 13.2. The van der Waals surface area contributed by atoms with E-state index in [1.165, 1.54) is 17.3 Å². The topological polar surface area (TPSA) is 73.0 Å². The summed E-state index contributed by atoms with van der Waals surface area (Å²) in [7, 11) is 0. The summed E-state index contributed by atoms with van der Waals surface area (Å²) in [5.74, 6) is 1.84. The Kier molecular flexibility index (Phi) is 6.94. The molecule has 31 heavy (non-hydrogen) atoms. The first-order chi connectivity index (χ1) is 14.6. The Labute approximate surface area is 188 Å². The van der Waals surface area contributed by atoms with E-state index in [2.05, 4.69) is 67.5 Å². The minimum Gasteiger partial charge on any atom is -0.467 e. The maximum absolute atomic E-state index is 12.4. The Balaban J connectivity index is 1.85. The van der Waals surface area contributed by atoms with Gasteiger partial charge in [-0.05, 0) is 43.4 Å². The summed E-state index contributed by atoms with van der Waals surface area (Å²) in [6, 6.07) is 12.2. The SMILES string of the molecule is CCC(C)(C)NC(=O)CSc1nnc(-c2ccc(C(C)(C)C)cc2)n1Cc1ccco1. The monoisotopic (exact) mass is 440 g/mol. The van der Waals surface area contributed by atoms with E-state index in [9.17, 15) is 4.79 Å². The van der Waals surface area contributed by atoms with Crippen LogP contribution in [0.4, 0.5) is 0 Å². The van der Waals surface area contributed by atoms with Gasteiger partial charge in [0.05, 0.1) is 18.6 Å². The van der Waals surface area contributed by atoms with Crippen molar-refractivity contribution in [3.05, 3.63) is 54.0 Å². The van der Waals surface area contributed by atoms with Crippen molar-refractivity contribution in [2.75, 3.05) is 5.75 Å². The minimum atomic E-state index is -0.223. The number of hydrogen-bond acceptors (Lipinski definition) is 5. The van der Waals surface area contributed by atoms with Crippen molar-refractivity contribution in [1.29, 1.82) is 0 Å². The van der Waals surface area contributed by atoms with Gasteiger partial charge in [-0.1, -0.05) is 63.7 Å². The molecule has 0 saturated heterocycles. The number of hydrogen-bond donors (Lipinski definition) is 1. The van der Waals surface area contributed by atoms with Crippen LogP contribution in [-0.2, 0) is 16.8 Å². The number of thioether (sulfide) groups is 1. The fraction of sp³-hybridized carbons (Fsp3) is 0.458. The highest BCUT2D eigenvalue weighted by Gasteiger charge is 2.21. The van der Waals surface area contributed by atoms with Gasteiger partial charge in [-0.3, -0.25) is 9.36 Å². The standard InChI is InChI=1S/C24H32N4O2S/c1-7-24(5,6)25-20(29)16-31-22-27-26-21(28(22)15-19-9-8-14-30-19)17-10-12-18(13-11-17)23(2,3)4/h8-14H,7,15-16H2,1-6H3,(H,25,29). The number of amides is 1. The predicted molar refractivity (Wildman–Crippen MR) is 125 cm³/mol. The van der Waals surface area contributed by atoms with Gasteiger partial charge in [-0.15, -0.1) is 10.2 Å². The molecule has 1 amide bonds. The third kappa shape index (κ3) is 6.00. The van der Waals surface area contributed by atoms with Crippen LogP contribution < -0.4 is 5.32 Å². The van der Waals surface area contributed by atoms with Crippen LogP contribution in [0.15, 0.2) is 52.2 Å². The molecule has 3 aromatic rings. The number of nitrogens with zero attached hydrogens (tertiary/aromatic N) is 3. The highest BCUT2D eigenvalue weighted by atomic mass is 32.2. The van der Waals surface area contributed by atoms with Crippen molar-refractivity contribution < 1.29 is 9.21 Å². The van der Waals surface area contributed by atoms with Crippen molar-refractivity contribution >= 4 is 17.7 Å². The molecule has 0 radical (unpaired) electrons. The van der Waals surface area contributed by atoms with Crippen molar-refractivity contribution in [2.45, 2.75) is 70.6 Å². The summed E-state index contributed by atoms with van der Waals surface area (Å²) in [5, 5.41) is 12.6. The van der Waals surface area contributed by atoms with Crippen LogP contribution in [0.2, 0.25) is 0 Å². The van der Waals surface area contributed by atoms with Gasteiger partial charge in [-0.2, -0.15) is 0 Å². The highest BCUT2D eigenvalue weighted by Crippen LogP contribution is 2.28. The first kappa shape index (κ1) is 23.1. The second-order valence-corrected chi connectivity index (χ2v) is 10.3. The smallest absolute Gasteiger partial charge is 0.230 e. The number of furan rings is 1. The van der Waals surface area contributed by atoms with Gasteiger partial charge in [0.25, 0.3) is 0 Å². The number of carbonyl (C=O) groups excluding carboxylic acids is 1. The van der Waals surface area contributed by atoms with Gasteiger partial charge < -0.3 is 9.73 Å². The van der Waals surface area contributed by atoms with Crippen molar-refractivity contribution in [2.24, 2.45) is 0 Å². The average Bonchev–Trinajstić information content (AvgIpc) is 3.36. The molecule has 3 rings (SSSR count). The van der Waals surface area contributed by atoms with E-state index in [1.807, 2.05) is 30.5 Å². The fourth-order valence-electron chi connectivity index (χ4n) is 3.06. The molecule has 0 spiro atoms. The molecule has 6 nitrogen and oxygen atoms in total. The quantitative estimate of drug-likeness (QED) is 0.482. The zero-order valence-electron chi connectivity index (χ0n) is 19.2. The minimum absolute atomic E-state index is 0.0134. The lowest BCUT2D eigenvalue weighted by Gasteiger charge is -2.24. The number of benzene rings is 1. The average molecular weight is 441 g/mol. The third-order valence-corrected chi connectivity index (χ3v) is 6.28. The van der Waals surface area contributed by atoms with Gasteiger partial charge >= 0.3 is 0 Å². The zero-order chi connectivity index (χ0) is 22.6. The normalized spacial score (nSPS) is 12.2. The van der Waals surface area contributed by atoms with Crippen LogP contribution in [0, 0.1) is 0 Å². The first-order valence-electron chi connectivity index (χ1n) is 10.6. The Morgan fingerprint density at radius 1 is 1.10 bits per heavy atom. The highest BCUT2D eigenvalue weighted by molar-refractivity contribution is 7.99. The molecule has 0 fully saturated rings. The van der Waals surface area contributed by atoms with Gasteiger partial charge in [0.1, 0.15) is 5.76 Å². The molecule has 0 atom stereocenters. The molecule has 7 heteroatoms. The van der Waals surface area contributed by atoms with Crippen LogP contribution in [0.1, 0.15) is 59.3 Å². The lowest BCUT2D eigenvalue weighted by molar-refractivity contribution is -0.120. The van der Waals surface area contributed by atoms with E-state index in [0.717, 1.165) is 23.6 Å². The summed E-state index contributed by atoms with van der Waals surface area (Å²) in [6.07, 6.45) is 2.53. The van der Waals surface area contributed by atoms with Crippen LogP contribution in [0.3, 0.4) is 0 Å². The Morgan fingerprint density at radius 3 is 2.39 bits per heavy atom. The molecule has 166 valence electrons. The van der Waals surface area contributed by atoms with Crippen LogP contribution in [0.25, 0.3) is 11.4 Å². The predicted octanol–water partition coefficient (Wildman–Crippen LogP) is 5.28. The molecule has 0 unspecified atom stereocenters. The van der Waals surface area contributed by atoms with Crippen molar-refractivity contribution in [3.63, 3.8) is 0 Å². The molecule has 0 aliphatic carbocycles. The Hall–Kier alpha value is -2.54. The maximum Gasteiger partial charge on any atom is 0.230 e. The molecular formula is C24H32N4O2S. The summed E-state index contributed by atoms with van der Waals surface area (Å²) < 4.78 is 7.57. The third-order valence-electron chi connectivity index (χ3n) is 5.31. The molecule has 2 aromatic heterocycles.